The lowest BCUT2D eigenvalue weighted by Crippen LogP contribution is -2.45. The summed E-state index contributed by atoms with van der Waals surface area (Å²) in [5.74, 6) is -0.429. The van der Waals surface area contributed by atoms with Crippen molar-refractivity contribution in [1.29, 1.82) is 0 Å². The number of benzene rings is 2. The molecule has 0 heterocycles. The van der Waals surface area contributed by atoms with Crippen LogP contribution in [0.3, 0.4) is 0 Å². The van der Waals surface area contributed by atoms with E-state index in [0.29, 0.717) is 16.4 Å². The van der Waals surface area contributed by atoms with Crippen molar-refractivity contribution in [3.05, 3.63) is 59.6 Å². The number of rotatable bonds is 5. The quantitative estimate of drug-likeness (QED) is 0.899. The first-order valence-electron chi connectivity index (χ1n) is 6.90. The second-order valence-electron chi connectivity index (χ2n) is 5.07. The van der Waals surface area contributed by atoms with Crippen molar-refractivity contribution >= 4 is 38.9 Å². The van der Waals surface area contributed by atoms with Crippen molar-refractivity contribution in [2.75, 3.05) is 15.9 Å². The SMILES string of the molecule is C[C@@H](C(=O)Nc1ccc(Cl)cc1)N(c1ccccc1)S(C)(=O)=O. The molecule has 2 rings (SSSR count). The molecule has 1 amide bonds. The lowest BCUT2D eigenvalue weighted by Gasteiger charge is -2.28. The molecule has 0 spiro atoms. The van der Waals surface area contributed by atoms with E-state index < -0.39 is 22.0 Å². The second-order valence-corrected chi connectivity index (χ2v) is 7.36. The van der Waals surface area contributed by atoms with Gasteiger partial charge in [-0.1, -0.05) is 29.8 Å². The van der Waals surface area contributed by atoms with Crippen LogP contribution in [0.2, 0.25) is 5.02 Å². The molecule has 1 atom stereocenters. The monoisotopic (exact) mass is 352 g/mol. The van der Waals surface area contributed by atoms with Gasteiger partial charge in [0.2, 0.25) is 15.9 Å². The molecule has 0 aliphatic heterocycles. The third kappa shape index (κ3) is 4.46. The molecular formula is C16H17ClN2O3S. The van der Waals surface area contributed by atoms with Gasteiger partial charge in [-0.05, 0) is 43.3 Å². The van der Waals surface area contributed by atoms with Gasteiger partial charge in [-0.2, -0.15) is 0 Å². The Hall–Kier alpha value is -2.05. The fourth-order valence-electron chi connectivity index (χ4n) is 2.16. The van der Waals surface area contributed by atoms with Crippen molar-refractivity contribution in [3.63, 3.8) is 0 Å². The normalized spacial score (nSPS) is 12.5. The Morgan fingerprint density at radius 3 is 2.17 bits per heavy atom. The molecule has 2 aromatic carbocycles. The maximum Gasteiger partial charge on any atom is 0.247 e. The zero-order chi connectivity index (χ0) is 17.0. The number of nitrogens with one attached hydrogen (secondary N) is 1. The maximum absolute atomic E-state index is 12.4. The average molecular weight is 353 g/mol. The largest absolute Gasteiger partial charge is 0.324 e. The molecule has 0 aliphatic carbocycles. The number of para-hydroxylation sites is 1. The summed E-state index contributed by atoms with van der Waals surface area (Å²) in [6.07, 6.45) is 1.08. The first kappa shape index (κ1) is 17.3. The summed E-state index contributed by atoms with van der Waals surface area (Å²) >= 11 is 5.80. The molecule has 122 valence electrons. The van der Waals surface area contributed by atoms with Gasteiger partial charge in [-0.3, -0.25) is 9.10 Å². The van der Waals surface area contributed by atoms with Crippen molar-refractivity contribution in [2.45, 2.75) is 13.0 Å². The topological polar surface area (TPSA) is 66.5 Å². The minimum absolute atomic E-state index is 0.429. The van der Waals surface area contributed by atoms with Crippen LogP contribution in [0.25, 0.3) is 0 Å². The van der Waals surface area contributed by atoms with Gasteiger partial charge in [0.1, 0.15) is 6.04 Å². The maximum atomic E-state index is 12.4. The van der Waals surface area contributed by atoms with E-state index >= 15 is 0 Å². The van der Waals surface area contributed by atoms with Gasteiger partial charge in [0, 0.05) is 10.7 Å². The molecule has 0 saturated carbocycles. The molecule has 1 N–H and O–H groups in total. The van der Waals surface area contributed by atoms with Crippen LogP contribution in [0.4, 0.5) is 11.4 Å². The van der Waals surface area contributed by atoms with Crippen molar-refractivity contribution in [2.24, 2.45) is 0 Å². The lowest BCUT2D eigenvalue weighted by molar-refractivity contribution is -0.116. The zero-order valence-electron chi connectivity index (χ0n) is 12.7. The number of sulfonamides is 1. The Kier molecular flexibility index (Phi) is 5.28. The van der Waals surface area contributed by atoms with Crippen LogP contribution in [0.15, 0.2) is 54.6 Å². The number of hydrogen-bond donors (Lipinski definition) is 1. The van der Waals surface area contributed by atoms with Crippen molar-refractivity contribution in [3.8, 4) is 0 Å². The Morgan fingerprint density at radius 1 is 1.09 bits per heavy atom. The molecule has 7 heteroatoms. The van der Waals surface area contributed by atoms with E-state index in [2.05, 4.69) is 5.32 Å². The smallest absolute Gasteiger partial charge is 0.247 e. The fraction of sp³-hybridized carbons (Fsp3) is 0.188. The highest BCUT2D eigenvalue weighted by Gasteiger charge is 2.28. The number of carbonyl (C=O) groups is 1. The molecule has 0 fully saturated rings. The summed E-state index contributed by atoms with van der Waals surface area (Å²) in [6.45, 7) is 1.54. The first-order valence-corrected chi connectivity index (χ1v) is 9.12. The third-order valence-electron chi connectivity index (χ3n) is 3.21. The predicted octanol–water partition coefficient (Wildman–Crippen LogP) is 3.13. The number of carbonyl (C=O) groups excluding carboxylic acids is 1. The van der Waals surface area contributed by atoms with Crippen LogP contribution in [-0.4, -0.2) is 26.6 Å². The van der Waals surface area contributed by atoms with Crippen LogP contribution in [-0.2, 0) is 14.8 Å². The first-order chi connectivity index (χ1) is 10.8. The number of halogens is 1. The van der Waals surface area contributed by atoms with E-state index in [1.807, 2.05) is 0 Å². The fourth-order valence-corrected chi connectivity index (χ4v) is 3.46. The van der Waals surface area contributed by atoms with Crippen LogP contribution in [0, 0.1) is 0 Å². The van der Waals surface area contributed by atoms with E-state index in [4.69, 9.17) is 11.6 Å². The lowest BCUT2D eigenvalue weighted by atomic mass is 10.2. The van der Waals surface area contributed by atoms with E-state index in [0.717, 1.165) is 10.6 Å². The summed E-state index contributed by atoms with van der Waals surface area (Å²) in [7, 11) is -3.61. The highest BCUT2D eigenvalue weighted by Crippen LogP contribution is 2.21. The Bertz CT molecular complexity index is 777. The zero-order valence-corrected chi connectivity index (χ0v) is 14.3. The summed E-state index contributed by atoms with van der Waals surface area (Å²) in [5, 5.41) is 3.24. The highest BCUT2D eigenvalue weighted by atomic mass is 35.5. The van der Waals surface area contributed by atoms with Gasteiger partial charge in [-0.25, -0.2) is 8.42 Å². The van der Waals surface area contributed by atoms with Gasteiger partial charge in [-0.15, -0.1) is 0 Å². The van der Waals surface area contributed by atoms with Crippen LogP contribution in [0.1, 0.15) is 6.92 Å². The van der Waals surface area contributed by atoms with E-state index in [-0.39, 0.29) is 0 Å². The summed E-state index contributed by atoms with van der Waals surface area (Å²) in [6, 6.07) is 14.2. The standard InChI is InChI=1S/C16H17ClN2O3S/c1-12(16(20)18-14-10-8-13(17)9-11-14)19(23(2,21)22)15-6-4-3-5-7-15/h3-12H,1-2H3,(H,18,20)/t12-/m0/s1. The van der Waals surface area contributed by atoms with Gasteiger partial charge in [0.25, 0.3) is 0 Å². The Labute approximate surface area is 140 Å². The highest BCUT2D eigenvalue weighted by molar-refractivity contribution is 7.92. The van der Waals surface area contributed by atoms with Crippen molar-refractivity contribution in [1.82, 2.24) is 0 Å². The Balaban J connectivity index is 2.25. The number of hydrogen-bond acceptors (Lipinski definition) is 3. The van der Waals surface area contributed by atoms with E-state index in [1.165, 1.54) is 0 Å². The molecule has 5 nitrogen and oxygen atoms in total. The van der Waals surface area contributed by atoms with E-state index in [9.17, 15) is 13.2 Å². The van der Waals surface area contributed by atoms with Crippen LogP contribution < -0.4 is 9.62 Å². The third-order valence-corrected chi connectivity index (χ3v) is 4.70. The Morgan fingerprint density at radius 2 is 1.65 bits per heavy atom. The molecule has 23 heavy (non-hydrogen) atoms. The summed E-state index contributed by atoms with van der Waals surface area (Å²) in [4.78, 5) is 12.4. The molecule has 0 aromatic heterocycles. The van der Waals surface area contributed by atoms with E-state index in [1.54, 1.807) is 61.5 Å². The van der Waals surface area contributed by atoms with Gasteiger partial charge >= 0.3 is 0 Å². The second kappa shape index (κ2) is 7.02. The molecule has 0 saturated heterocycles. The molecule has 0 unspecified atom stereocenters. The molecule has 0 radical (unpaired) electrons. The minimum Gasteiger partial charge on any atom is -0.324 e. The van der Waals surface area contributed by atoms with Gasteiger partial charge < -0.3 is 5.32 Å². The molecule has 0 aliphatic rings. The molecule has 0 bridgehead atoms. The number of amides is 1. The van der Waals surface area contributed by atoms with Gasteiger partial charge in [0.15, 0.2) is 0 Å². The summed E-state index contributed by atoms with van der Waals surface area (Å²) in [5.41, 5.74) is 0.988. The van der Waals surface area contributed by atoms with Crippen molar-refractivity contribution < 1.29 is 13.2 Å². The van der Waals surface area contributed by atoms with Crippen LogP contribution >= 0.6 is 11.6 Å². The summed E-state index contributed by atoms with van der Waals surface area (Å²) < 4.78 is 25.3. The van der Waals surface area contributed by atoms with Crippen LogP contribution in [0.5, 0.6) is 0 Å². The molecule has 2 aromatic rings. The predicted molar refractivity (Wildman–Crippen MR) is 93.3 cm³/mol. The number of anilines is 2. The molecular weight excluding hydrogens is 336 g/mol. The average Bonchev–Trinajstić information content (AvgIpc) is 2.49. The van der Waals surface area contributed by atoms with Gasteiger partial charge in [0.05, 0.1) is 11.9 Å². The minimum atomic E-state index is -3.61. The number of nitrogens with zero attached hydrogens (tertiary/aromatic N) is 1.